The van der Waals surface area contributed by atoms with E-state index < -0.39 is 0 Å². The second-order valence-electron chi connectivity index (χ2n) is 17.5. The van der Waals surface area contributed by atoms with Gasteiger partial charge in [-0.25, -0.2) is 0 Å². The van der Waals surface area contributed by atoms with E-state index in [4.69, 9.17) is 0 Å². The molecule has 0 saturated heterocycles. The van der Waals surface area contributed by atoms with E-state index in [2.05, 4.69) is 39.5 Å². The number of hydrogen-bond acceptors (Lipinski definition) is 3. The van der Waals surface area contributed by atoms with Crippen molar-refractivity contribution in [2.75, 3.05) is 26.2 Å². The van der Waals surface area contributed by atoms with Gasteiger partial charge in [-0.2, -0.15) is 0 Å². The van der Waals surface area contributed by atoms with Crippen molar-refractivity contribution in [3.8, 4) is 0 Å². The Bertz CT molecular complexity index is 655. The van der Waals surface area contributed by atoms with E-state index in [1.54, 1.807) is 0 Å². The van der Waals surface area contributed by atoms with Crippen LogP contribution in [0.5, 0.6) is 0 Å². The molecule has 0 aliphatic rings. The van der Waals surface area contributed by atoms with Crippen molar-refractivity contribution >= 4 is 0 Å². The fourth-order valence-electron chi connectivity index (χ4n) is 8.98. The monoisotopic (exact) mass is 736 g/mol. The van der Waals surface area contributed by atoms with Gasteiger partial charge >= 0.3 is 0 Å². The maximum absolute atomic E-state index is 11.0. The first kappa shape index (κ1) is 51.9. The molecule has 0 aromatic rings. The summed E-state index contributed by atoms with van der Waals surface area (Å²) in [5, 5.41) is 20.3. The lowest BCUT2D eigenvalue weighted by Gasteiger charge is -2.27. The fraction of sp³-hybridized carbons (Fsp3) is 1.00. The zero-order chi connectivity index (χ0) is 38.2. The Hall–Kier alpha value is -0.120. The molecule has 2 N–H and O–H groups in total. The normalized spacial score (nSPS) is 14.3. The van der Waals surface area contributed by atoms with Crippen LogP contribution in [0.25, 0.3) is 0 Å². The van der Waals surface area contributed by atoms with Crippen LogP contribution in [0.15, 0.2) is 0 Å². The van der Waals surface area contributed by atoms with Crippen molar-refractivity contribution < 1.29 is 10.2 Å². The maximum atomic E-state index is 11.0. The summed E-state index contributed by atoms with van der Waals surface area (Å²) in [4.78, 5) is 2.55. The van der Waals surface area contributed by atoms with Crippen LogP contribution in [0.2, 0.25) is 0 Å². The number of rotatable bonds is 44. The largest absolute Gasteiger partial charge is 0.396 e. The Labute approximate surface area is 330 Å². The first-order valence-electron chi connectivity index (χ1n) is 24.6. The Morgan fingerprint density at radius 1 is 0.346 bits per heavy atom. The smallest absolute Gasteiger partial charge is 0.0667 e. The highest BCUT2D eigenvalue weighted by atomic mass is 16.3. The van der Waals surface area contributed by atoms with Crippen molar-refractivity contribution in [2.45, 2.75) is 272 Å². The molecule has 3 nitrogen and oxygen atoms in total. The van der Waals surface area contributed by atoms with E-state index in [0.717, 1.165) is 63.1 Å². The highest BCUT2D eigenvalue weighted by molar-refractivity contribution is 4.72. The Balaban J connectivity index is 4.43. The van der Waals surface area contributed by atoms with Gasteiger partial charge in [0.05, 0.1) is 6.10 Å². The second-order valence-corrected chi connectivity index (χ2v) is 17.5. The van der Waals surface area contributed by atoms with Gasteiger partial charge in [0.25, 0.3) is 0 Å². The molecule has 0 fully saturated rings. The van der Waals surface area contributed by atoms with Gasteiger partial charge in [0, 0.05) is 13.2 Å². The molecule has 0 spiro atoms. The Kier molecular flexibility index (Phi) is 41.9. The molecule has 0 aromatic carbocycles. The Morgan fingerprint density at radius 3 is 1.23 bits per heavy atom. The van der Waals surface area contributed by atoms with Gasteiger partial charge in [-0.1, -0.05) is 234 Å². The molecule has 0 saturated carbocycles. The molecule has 0 radical (unpaired) electrons. The van der Waals surface area contributed by atoms with Crippen LogP contribution in [0, 0.1) is 17.8 Å². The van der Waals surface area contributed by atoms with Crippen molar-refractivity contribution in [1.29, 1.82) is 0 Å². The number of nitrogens with zero attached hydrogens (tertiary/aromatic N) is 1. The summed E-state index contributed by atoms with van der Waals surface area (Å²) in [5.74, 6) is 2.89. The average Bonchev–Trinajstić information content (AvgIpc) is 3.14. The molecule has 314 valence electrons. The molecule has 0 aliphatic heterocycles. The highest BCUT2D eigenvalue weighted by Gasteiger charge is 2.20. The molecule has 3 heteroatoms. The standard InChI is InChI=1S/C49H101NO2/c1-6-11-15-19-26-36-46(35-25-13-8-3)37-27-21-22-30-41-49(52)45-50(43-32-24-33-44-51)42-31-23-18-17-20-29-39-47(34-10-5)48(38-14-9-4)40-28-16-12-7-2/h46-49,51-52H,6-45H2,1-5H3. The van der Waals surface area contributed by atoms with E-state index in [-0.39, 0.29) is 6.10 Å². The van der Waals surface area contributed by atoms with Crippen LogP contribution >= 0.6 is 0 Å². The summed E-state index contributed by atoms with van der Waals surface area (Å²) in [7, 11) is 0. The predicted molar refractivity (Wildman–Crippen MR) is 235 cm³/mol. The summed E-state index contributed by atoms with van der Waals surface area (Å²) >= 11 is 0. The minimum atomic E-state index is -0.188. The minimum absolute atomic E-state index is 0.188. The third-order valence-corrected chi connectivity index (χ3v) is 12.4. The van der Waals surface area contributed by atoms with E-state index >= 15 is 0 Å². The summed E-state index contributed by atoms with van der Waals surface area (Å²) in [6.45, 7) is 15.1. The molecule has 4 unspecified atom stereocenters. The van der Waals surface area contributed by atoms with Crippen LogP contribution in [-0.2, 0) is 0 Å². The zero-order valence-electron chi connectivity index (χ0n) is 36.9. The van der Waals surface area contributed by atoms with Gasteiger partial charge in [0.1, 0.15) is 0 Å². The van der Waals surface area contributed by atoms with E-state index in [1.807, 2.05) is 0 Å². The lowest BCUT2D eigenvalue weighted by molar-refractivity contribution is 0.100. The SMILES string of the molecule is CCCCCCCC(CCCCC)CCCCCCC(O)CN(CCCCCO)CCCCCCCCC(CCC)C(CCCC)CCCCCC. The predicted octanol–water partition coefficient (Wildman–Crippen LogP) is 15.6. The van der Waals surface area contributed by atoms with Crippen LogP contribution in [0.3, 0.4) is 0 Å². The molecular formula is C49H101NO2. The van der Waals surface area contributed by atoms with Gasteiger partial charge in [-0.15, -0.1) is 0 Å². The number of hydrogen-bond donors (Lipinski definition) is 2. The average molecular weight is 736 g/mol. The van der Waals surface area contributed by atoms with Gasteiger partial charge < -0.3 is 15.1 Å². The van der Waals surface area contributed by atoms with Crippen LogP contribution in [-0.4, -0.2) is 47.5 Å². The zero-order valence-corrected chi connectivity index (χ0v) is 36.9. The van der Waals surface area contributed by atoms with Crippen molar-refractivity contribution in [1.82, 2.24) is 4.90 Å². The molecular weight excluding hydrogens is 635 g/mol. The molecule has 0 bridgehead atoms. The lowest BCUT2D eigenvalue weighted by Crippen LogP contribution is -2.34. The van der Waals surface area contributed by atoms with Crippen molar-refractivity contribution in [2.24, 2.45) is 17.8 Å². The highest BCUT2D eigenvalue weighted by Crippen LogP contribution is 2.32. The minimum Gasteiger partial charge on any atom is -0.396 e. The molecule has 0 heterocycles. The maximum Gasteiger partial charge on any atom is 0.0667 e. The van der Waals surface area contributed by atoms with E-state index in [9.17, 15) is 10.2 Å². The van der Waals surface area contributed by atoms with Gasteiger partial charge in [-0.05, 0) is 62.9 Å². The molecule has 0 aliphatic carbocycles. The van der Waals surface area contributed by atoms with Crippen LogP contribution in [0.4, 0.5) is 0 Å². The summed E-state index contributed by atoms with van der Waals surface area (Å²) in [5.41, 5.74) is 0. The van der Waals surface area contributed by atoms with Crippen LogP contribution < -0.4 is 0 Å². The molecule has 4 atom stereocenters. The molecule has 0 aromatic heterocycles. The fourth-order valence-corrected chi connectivity index (χ4v) is 8.98. The number of unbranched alkanes of at least 4 members (excludes halogenated alkanes) is 20. The molecule has 52 heavy (non-hydrogen) atoms. The van der Waals surface area contributed by atoms with E-state index in [1.165, 1.54) is 205 Å². The van der Waals surface area contributed by atoms with E-state index in [0.29, 0.717) is 6.61 Å². The first-order valence-corrected chi connectivity index (χ1v) is 24.6. The lowest BCUT2D eigenvalue weighted by atomic mass is 9.78. The molecule has 0 amide bonds. The Morgan fingerprint density at radius 2 is 0.712 bits per heavy atom. The number of aliphatic hydroxyl groups is 2. The molecule has 0 rings (SSSR count). The third kappa shape index (κ3) is 34.4. The third-order valence-electron chi connectivity index (χ3n) is 12.4. The topological polar surface area (TPSA) is 43.7 Å². The van der Waals surface area contributed by atoms with Gasteiger partial charge in [0.2, 0.25) is 0 Å². The summed E-state index contributed by atoms with van der Waals surface area (Å²) in [6, 6.07) is 0. The van der Waals surface area contributed by atoms with Crippen molar-refractivity contribution in [3.05, 3.63) is 0 Å². The first-order chi connectivity index (χ1) is 25.6. The summed E-state index contributed by atoms with van der Waals surface area (Å²) < 4.78 is 0. The van der Waals surface area contributed by atoms with Crippen LogP contribution in [0.1, 0.15) is 266 Å². The van der Waals surface area contributed by atoms with Crippen molar-refractivity contribution in [3.63, 3.8) is 0 Å². The number of aliphatic hydroxyl groups excluding tert-OH is 2. The quantitative estimate of drug-likeness (QED) is 0.0612. The van der Waals surface area contributed by atoms with Gasteiger partial charge in [-0.3, -0.25) is 0 Å². The summed E-state index contributed by atoms with van der Waals surface area (Å²) in [6.07, 6.45) is 48.5. The van der Waals surface area contributed by atoms with Gasteiger partial charge in [0.15, 0.2) is 0 Å². The second kappa shape index (κ2) is 42.0.